The molecule has 0 atom stereocenters. The molecule has 0 saturated carbocycles. The van der Waals surface area contributed by atoms with Crippen LogP contribution in [-0.4, -0.2) is 39.4 Å². The predicted octanol–water partition coefficient (Wildman–Crippen LogP) is 6.16. The van der Waals surface area contributed by atoms with E-state index in [1.807, 2.05) is 30.3 Å². The topological polar surface area (TPSA) is 95.5 Å². The molecule has 1 amide bonds. The van der Waals surface area contributed by atoms with Crippen molar-refractivity contribution in [3.63, 3.8) is 0 Å². The number of benzene rings is 4. The van der Waals surface area contributed by atoms with Gasteiger partial charge in [-0.15, -0.1) is 0 Å². The Morgan fingerprint density at radius 3 is 2.21 bits per heavy atom. The summed E-state index contributed by atoms with van der Waals surface area (Å²) in [6.07, 6.45) is 1.41. The number of nitrogens with zero attached hydrogens (tertiary/aromatic N) is 1. The van der Waals surface area contributed by atoms with E-state index in [0.29, 0.717) is 27.8 Å². The Kier molecular flexibility index (Phi) is 8.35. The van der Waals surface area contributed by atoms with E-state index < -0.39 is 11.9 Å². The summed E-state index contributed by atoms with van der Waals surface area (Å²) in [6.45, 7) is 0. The van der Waals surface area contributed by atoms with Gasteiger partial charge in [-0.3, -0.25) is 4.79 Å². The number of ether oxygens (including phenoxy) is 4. The zero-order valence-electron chi connectivity index (χ0n) is 20.6. The molecule has 0 radical (unpaired) electrons. The van der Waals surface area contributed by atoms with Gasteiger partial charge < -0.3 is 18.9 Å². The van der Waals surface area contributed by atoms with Crippen LogP contribution < -0.4 is 24.4 Å². The van der Waals surface area contributed by atoms with Gasteiger partial charge in [0.15, 0.2) is 11.5 Å². The van der Waals surface area contributed by atoms with Crippen LogP contribution in [0.5, 0.6) is 23.0 Å². The number of hydrogen-bond acceptors (Lipinski definition) is 7. The van der Waals surface area contributed by atoms with Crippen LogP contribution in [0.1, 0.15) is 26.3 Å². The number of methoxy groups -OCH3 is 3. The normalized spacial score (nSPS) is 10.9. The monoisotopic (exact) mass is 552 g/mol. The van der Waals surface area contributed by atoms with Gasteiger partial charge in [-0.05, 0) is 47.2 Å². The Hall–Kier alpha value is -4.27. The lowest BCUT2D eigenvalue weighted by Gasteiger charge is -2.13. The number of hydrazone groups is 1. The third-order valence-electron chi connectivity index (χ3n) is 5.57. The lowest BCUT2D eigenvalue weighted by molar-refractivity contribution is 0.0734. The molecule has 0 aliphatic rings. The molecule has 4 rings (SSSR count). The Labute approximate surface area is 228 Å². The van der Waals surface area contributed by atoms with Gasteiger partial charge in [-0.25, -0.2) is 10.2 Å². The highest BCUT2D eigenvalue weighted by Crippen LogP contribution is 2.38. The van der Waals surface area contributed by atoms with Crippen molar-refractivity contribution >= 4 is 52.1 Å². The fourth-order valence-electron chi connectivity index (χ4n) is 3.74. The average Bonchev–Trinajstić information content (AvgIpc) is 2.92. The van der Waals surface area contributed by atoms with Gasteiger partial charge in [0.2, 0.25) is 5.75 Å². The van der Waals surface area contributed by atoms with Crippen LogP contribution in [0.3, 0.4) is 0 Å². The van der Waals surface area contributed by atoms with E-state index in [1.165, 1.54) is 51.8 Å². The van der Waals surface area contributed by atoms with Gasteiger partial charge in [0, 0.05) is 16.1 Å². The van der Waals surface area contributed by atoms with E-state index >= 15 is 0 Å². The smallest absolute Gasteiger partial charge is 0.345 e. The first kappa shape index (κ1) is 26.8. The number of carbonyl (C=O) groups is 2. The summed E-state index contributed by atoms with van der Waals surface area (Å²) >= 11 is 12.1. The van der Waals surface area contributed by atoms with Gasteiger partial charge >= 0.3 is 5.97 Å². The molecular formula is C28H22Cl2N2O6. The molecule has 0 fully saturated rings. The molecule has 0 aliphatic carbocycles. The lowest BCUT2D eigenvalue weighted by Crippen LogP contribution is -2.18. The molecule has 0 aromatic heterocycles. The quantitative estimate of drug-likeness (QED) is 0.122. The van der Waals surface area contributed by atoms with E-state index in [4.69, 9.17) is 42.1 Å². The number of hydrogen-bond donors (Lipinski definition) is 1. The molecule has 1 N–H and O–H groups in total. The molecule has 38 heavy (non-hydrogen) atoms. The number of rotatable bonds is 8. The van der Waals surface area contributed by atoms with Crippen LogP contribution >= 0.6 is 23.2 Å². The molecule has 10 heteroatoms. The first-order valence-electron chi connectivity index (χ1n) is 11.2. The molecule has 0 saturated heterocycles. The minimum Gasteiger partial charge on any atom is -0.493 e. The van der Waals surface area contributed by atoms with Gasteiger partial charge in [0.1, 0.15) is 5.75 Å². The summed E-state index contributed by atoms with van der Waals surface area (Å²) in [5, 5.41) is 6.32. The Balaban J connectivity index is 1.64. The molecule has 0 aliphatic heterocycles. The molecule has 8 nitrogen and oxygen atoms in total. The van der Waals surface area contributed by atoms with Gasteiger partial charge in [-0.1, -0.05) is 53.5 Å². The zero-order valence-corrected chi connectivity index (χ0v) is 22.1. The Morgan fingerprint density at radius 2 is 1.55 bits per heavy atom. The van der Waals surface area contributed by atoms with E-state index in [2.05, 4.69) is 10.5 Å². The second kappa shape index (κ2) is 11.9. The van der Waals surface area contributed by atoms with Gasteiger partial charge in [0.05, 0.1) is 38.1 Å². The number of esters is 1. The molecular weight excluding hydrogens is 531 g/mol. The lowest BCUT2D eigenvalue weighted by atomic mass is 10.0. The van der Waals surface area contributed by atoms with Crippen LogP contribution in [0.4, 0.5) is 0 Å². The van der Waals surface area contributed by atoms with Gasteiger partial charge in [-0.2, -0.15) is 5.10 Å². The second-order valence-corrected chi connectivity index (χ2v) is 8.67. The number of nitrogens with one attached hydrogen (secondary N) is 1. The second-order valence-electron chi connectivity index (χ2n) is 7.83. The minimum absolute atomic E-state index is 0.155. The maximum Gasteiger partial charge on any atom is 0.345 e. The summed E-state index contributed by atoms with van der Waals surface area (Å²) in [7, 11) is 4.38. The highest BCUT2D eigenvalue weighted by molar-refractivity contribution is 6.36. The van der Waals surface area contributed by atoms with Crippen LogP contribution in [0.15, 0.2) is 71.8 Å². The number of halogens is 2. The first-order valence-corrected chi connectivity index (χ1v) is 11.9. The minimum atomic E-state index is -0.668. The largest absolute Gasteiger partial charge is 0.493 e. The molecule has 0 heterocycles. The van der Waals surface area contributed by atoms with E-state index in [0.717, 1.165) is 10.8 Å². The fraction of sp³-hybridized carbons (Fsp3) is 0.107. The third-order valence-corrected chi connectivity index (χ3v) is 6.12. The SMILES string of the molecule is COc1cc(C(=O)N/N=C/c2c(OC(=O)c3ccc(Cl)cc3Cl)ccc3ccccc23)cc(OC)c1OC. The van der Waals surface area contributed by atoms with Crippen molar-refractivity contribution < 1.29 is 28.5 Å². The van der Waals surface area contributed by atoms with Crippen molar-refractivity contribution in [1.82, 2.24) is 5.43 Å². The van der Waals surface area contributed by atoms with Crippen molar-refractivity contribution in [2.24, 2.45) is 5.10 Å². The maximum atomic E-state index is 12.9. The van der Waals surface area contributed by atoms with Crippen molar-refractivity contribution in [2.75, 3.05) is 21.3 Å². The van der Waals surface area contributed by atoms with Crippen molar-refractivity contribution in [3.05, 3.63) is 93.5 Å². The summed E-state index contributed by atoms with van der Waals surface area (Å²) in [4.78, 5) is 25.7. The molecule has 4 aromatic carbocycles. The molecule has 0 spiro atoms. The molecule has 4 aromatic rings. The number of fused-ring (bicyclic) bond motifs is 1. The highest BCUT2D eigenvalue weighted by Gasteiger charge is 2.18. The summed E-state index contributed by atoms with van der Waals surface area (Å²) in [5.74, 6) is 0.0454. The fourth-order valence-corrected chi connectivity index (χ4v) is 4.23. The van der Waals surface area contributed by atoms with E-state index in [9.17, 15) is 9.59 Å². The van der Waals surface area contributed by atoms with Crippen molar-refractivity contribution in [2.45, 2.75) is 0 Å². The first-order chi connectivity index (χ1) is 18.4. The summed E-state index contributed by atoms with van der Waals surface area (Å²) in [6, 6.07) is 18.4. The molecule has 0 bridgehead atoms. The highest BCUT2D eigenvalue weighted by atomic mass is 35.5. The number of carbonyl (C=O) groups excluding carboxylic acids is 2. The van der Waals surface area contributed by atoms with Crippen LogP contribution in [0.2, 0.25) is 10.0 Å². The Morgan fingerprint density at radius 1 is 0.842 bits per heavy atom. The van der Waals surface area contributed by atoms with Crippen LogP contribution in [-0.2, 0) is 0 Å². The maximum absolute atomic E-state index is 12.9. The van der Waals surface area contributed by atoms with Crippen LogP contribution in [0, 0.1) is 0 Å². The van der Waals surface area contributed by atoms with Gasteiger partial charge in [0.25, 0.3) is 5.91 Å². The van der Waals surface area contributed by atoms with E-state index in [-0.39, 0.29) is 21.9 Å². The van der Waals surface area contributed by atoms with E-state index in [1.54, 1.807) is 12.1 Å². The Bertz CT molecular complexity index is 1530. The molecule has 194 valence electrons. The van der Waals surface area contributed by atoms with Crippen molar-refractivity contribution in [3.8, 4) is 23.0 Å². The van der Waals surface area contributed by atoms with Crippen LogP contribution in [0.25, 0.3) is 10.8 Å². The zero-order chi connectivity index (χ0) is 27.2. The predicted molar refractivity (Wildman–Crippen MR) is 147 cm³/mol. The average molecular weight is 553 g/mol. The molecule has 0 unspecified atom stereocenters. The van der Waals surface area contributed by atoms with Crippen molar-refractivity contribution in [1.29, 1.82) is 0 Å². The number of amides is 1. The summed E-state index contributed by atoms with van der Waals surface area (Å²) in [5.41, 5.74) is 3.35. The standard InChI is InChI=1S/C28H22Cl2N2O6/c1-35-24-12-17(13-25(36-2)26(24)37-3)27(33)32-31-15-21-19-7-5-4-6-16(19)8-11-23(21)38-28(34)20-10-9-18(29)14-22(20)30/h4-15H,1-3H3,(H,32,33)/b31-15+. The third kappa shape index (κ3) is 5.66. The summed E-state index contributed by atoms with van der Waals surface area (Å²) < 4.78 is 21.6.